The van der Waals surface area contributed by atoms with Crippen LogP contribution in [-0.2, 0) is 6.54 Å². The fourth-order valence-corrected chi connectivity index (χ4v) is 2.20. The third kappa shape index (κ3) is 4.02. The Kier molecular flexibility index (Phi) is 4.67. The maximum Gasteiger partial charge on any atom is 0.323 e. The monoisotopic (exact) mass is 294 g/mol. The fourth-order valence-electron chi connectivity index (χ4n) is 1.46. The van der Waals surface area contributed by atoms with Gasteiger partial charge < -0.3 is 15.4 Å². The first-order valence-corrected chi connectivity index (χ1v) is 7.14. The minimum Gasteiger partial charge on any atom is -0.461 e. The highest BCUT2D eigenvalue weighted by Gasteiger charge is 2.08. The number of anilines is 2. The molecule has 0 fully saturated rings. The molecule has 2 N–H and O–H groups in total. The minimum atomic E-state index is 0.0131. The number of nitrogens with one attached hydrogen (secondary N) is 2. The lowest BCUT2D eigenvalue weighted by atomic mass is 10.5. The Morgan fingerprint density at radius 2 is 2.00 bits per heavy atom. The van der Waals surface area contributed by atoms with Crippen molar-refractivity contribution in [2.24, 2.45) is 0 Å². The Labute approximate surface area is 121 Å². The van der Waals surface area contributed by atoms with E-state index in [9.17, 15) is 0 Å². The highest BCUT2D eigenvalue weighted by atomic mass is 32.1. The van der Waals surface area contributed by atoms with Crippen LogP contribution in [0.2, 0.25) is 0 Å². The predicted molar refractivity (Wildman–Crippen MR) is 79.3 cm³/mol. The molecule has 0 unspecified atom stereocenters. The Bertz CT molecular complexity index is 571. The summed E-state index contributed by atoms with van der Waals surface area (Å²) in [6.45, 7) is 6.46. The standard InChI is InChI=1S/C12H18N6OS/c1-7(2)19-12-17-10(13-4)16-11(18-12)15-6-9-5-14-8(3)20-9/h5,7H,6H2,1-4H3,(H2,13,15,16,17,18). The summed E-state index contributed by atoms with van der Waals surface area (Å²) in [5, 5.41) is 7.08. The van der Waals surface area contributed by atoms with Crippen LogP contribution in [0.4, 0.5) is 11.9 Å². The van der Waals surface area contributed by atoms with Crippen LogP contribution < -0.4 is 15.4 Å². The van der Waals surface area contributed by atoms with Crippen LogP contribution >= 0.6 is 11.3 Å². The molecule has 0 radical (unpaired) electrons. The summed E-state index contributed by atoms with van der Waals surface area (Å²) in [5.74, 6) is 0.949. The zero-order valence-corrected chi connectivity index (χ0v) is 12.8. The maximum absolute atomic E-state index is 5.50. The first-order chi connectivity index (χ1) is 9.56. The number of aryl methyl sites for hydroxylation is 1. The van der Waals surface area contributed by atoms with Crippen molar-refractivity contribution in [3.05, 3.63) is 16.1 Å². The van der Waals surface area contributed by atoms with Gasteiger partial charge in [0.2, 0.25) is 11.9 Å². The molecule has 2 rings (SSSR count). The van der Waals surface area contributed by atoms with Gasteiger partial charge in [0.1, 0.15) is 0 Å². The number of hydrogen-bond acceptors (Lipinski definition) is 8. The van der Waals surface area contributed by atoms with E-state index in [2.05, 4.69) is 30.6 Å². The lowest BCUT2D eigenvalue weighted by Gasteiger charge is -2.10. The lowest BCUT2D eigenvalue weighted by molar-refractivity contribution is 0.222. The number of thiazole rings is 1. The average Bonchev–Trinajstić information content (AvgIpc) is 2.81. The first-order valence-electron chi connectivity index (χ1n) is 6.32. The van der Waals surface area contributed by atoms with Crippen molar-refractivity contribution >= 4 is 23.2 Å². The predicted octanol–water partition coefficient (Wildman–Crippen LogP) is 2.08. The molecule has 0 aliphatic rings. The Hall–Kier alpha value is -1.96. The Morgan fingerprint density at radius 1 is 1.25 bits per heavy atom. The van der Waals surface area contributed by atoms with Gasteiger partial charge in [0, 0.05) is 18.1 Å². The van der Waals surface area contributed by atoms with Gasteiger partial charge >= 0.3 is 6.01 Å². The highest BCUT2D eigenvalue weighted by Crippen LogP contribution is 2.15. The molecule has 0 saturated heterocycles. The van der Waals surface area contributed by atoms with Crippen molar-refractivity contribution in [3.63, 3.8) is 0 Å². The van der Waals surface area contributed by atoms with Crippen molar-refractivity contribution in [1.82, 2.24) is 19.9 Å². The molecule has 0 aromatic carbocycles. The van der Waals surface area contributed by atoms with Gasteiger partial charge in [-0.05, 0) is 20.8 Å². The maximum atomic E-state index is 5.50. The molecule has 7 nitrogen and oxygen atoms in total. The Balaban J connectivity index is 2.09. The second-order valence-corrected chi connectivity index (χ2v) is 5.70. The van der Waals surface area contributed by atoms with Crippen molar-refractivity contribution in [2.75, 3.05) is 17.7 Å². The van der Waals surface area contributed by atoms with Crippen molar-refractivity contribution in [3.8, 4) is 6.01 Å². The number of nitrogens with zero attached hydrogens (tertiary/aromatic N) is 4. The van der Waals surface area contributed by atoms with Gasteiger partial charge in [-0.3, -0.25) is 0 Å². The molecular weight excluding hydrogens is 276 g/mol. The summed E-state index contributed by atoms with van der Waals surface area (Å²) in [6.07, 6.45) is 1.86. The van der Waals surface area contributed by atoms with E-state index in [4.69, 9.17) is 4.74 Å². The SMILES string of the molecule is CNc1nc(NCc2cnc(C)s2)nc(OC(C)C)n1. The van der Waals surface area contributed by atoms with Crippen molar-refractivity contribution in [2.45, 2.75) is 33.4 Å². The van der Waals surface area contributed by atoms with Crippen LogP contribution in [0, 0.1) is 6.92 Å². The summed E-state index contributed by atoms with van der Waals surface area (Å²) in [4.78, 5) is 18.0. The summed E-state index contributed by atoms with van der Waals surface area (Å²) in [7, 11) is 1.75. The van der Waals surface area contributed by atoms with Crippen LogP contribution in [-0.4, -0.2) is 33.1 Å². The molecule has 0 bridgehead atoms. The van der Waals surface area contributed by atoms with Crippen LogP contribution in [0.1, 0.15) is 23.7 Å². The van der Waals surface area contributed by atoms with Gasteiger partial charge in [-0.2, -0.15) is 15.0 Å². The van der Waals surface area contributed by atoms with Crippen LogP contribution in [0.25, 0.3) is 0 Å². The molecule has 0 aliphatic heterocycles. The van der Waals surface area contributed by atoms with Crippen LogP contribution in [0.5, 0.6) is 6.01 Å². The Morgan fingerprint density at radius 3 is 2.60 bits per heavy atom. The van der Waals surface area contributed by atoms with Gasteiger partial charge in [-0.15, -0.1) is 11.3 Å². The molecule has 108 valence electrons. The van der Waals surface area contributed by atoms with E-state index in [-0.39, 0.29) is 6.10 Å². The van der Waals surface area contributed by atoms with Crippen LogP contribution in [0.15, 0.2) is 6.20 Å². The molecule has 2 heterocycles. The van der Waals surface area contributed by atoms with E-state index < -0.39 is 0 Å². The van der Waals surface area contributed by atoms with Crippen molar-refractivity contribution in [1.29, 1.82) is 0 Å². The lowest BCUT2D eigenvalue weighted by Crippen LogP contribution is -2.12. The van der Waals surface area contributed by atoms with Gasteiger partial charge in [-0.1, -0.05) is 0 Å². The van der Waals surface area contributed by atoms with Crippen LogP contribution in [0.3, 0.4) is 0 Å². The number of aromatic nitrogens is 4. The molecule has 0 amide bonds. The van der Waals surface area contributed by atoms with Gasteiger partial charge in [0.15, 0.2) is 0 Å². The van der Waals surface area contributed by atoms with E-state index in [0.29, 0.717) is 24.5 Å². The highest BCUT2D eigenvalue weighted by molar-refractivity contribution is 7.11. The molecular formula is C12H18N6OS. The zero-order valence-electron chi connectivity index (χ0n) is 12.0. The van der Waals surface area contributed by atoms with Crippen molar-refractivity contribution < 1.29 is 4.74 Å². The molecule has 0 aliphatic carbocycles. The number of rotatable bonds is 6. The smallest absolute Gasteiger partial charge is 0.323 e. The number of hydrogen-bond donors (Lipinski definition) is 2. The second-order valence-electron chi connectivity index (χ2n) is 4.38. The molecule has 0 saturated carbocycles. The van der Waals surface area contributed by atoms with Gasteiger partial charge in [0.25, 0.3) is 0 Å². The largest absolute Gasteiger partial charge is 0.461 e. The normalized spacial score (nSPS) is 10.7. The van der Waals surface area contributed by atoms with E-state index in [1.807, 2.05) is 27.0 Å². The summed E-state index contributed by atoms with van der Waals surface area (Å²) < 4.78 is 5.50. The fraction of sp³-hybridized carbons (Fsp3) is 0.500. The summed E-state index contributed by atoms with van der Waals surface area (Å²) >= 11 is 1.64. The van der Waals surface area contributed by atoms with E-state index in [1.54, 1.807) is 18.4 Å². The number of ether oxygens (including phenoxy) is 1. The third-order valence-electron chi connectivity index (χ3n) is 2.27. The van der Waals surface area contributed by atoms with Gasteiger partial charge in [0.05, 0.1) is 17.7 Å². The third-order valence-corrected chi connectivity index (χ3v) is 3.18. The van der Waals surface area contributed by atoms with E-state index in [1.165, 1.54) is 0 Å². The summed E-state index contributed by atoms with van der Waals surface area (Å²) in [6, 6.07) is 0.308. The summed E-state index contributed by atoms with van der Waals surface area (Å²) in [5.41, 5.74) is 0. The minimum absolute atomic E-state index is 0.0131. The van der Waals surface area contributed by atoms with Gasteiger partial charge in [-0.25, -0.2) is 4.98 Å². The molecule has 20 heavy (non-hydrogen) atoms. The molecule has 0 spiro atoms. The quantitative estimate of drug-likeness (QED) is 0.843. The first kappa shape index (κ1) is 14.4. The molecule has 2 aromatic heterocycles. The van der Waals surface area contributed by atoms with E-state index >= 15 is 0 Å². The topological polar surface area (TPSA) is 84.9 Å². The molecule has 0 atom stereocenters. The second kappa shape index (κ2) is 6.47. The molecule has 8 heteroatoms. The molecule has 2 aromatic rings. The van der Waals surface area contributed by atoms with E-state index in [0.717, 1.165) is 9.88 Å². The average molecular weight is 294 g/mol. The zero-order chi connectivity index (χ0) is 14.5.